The number of hydrogen-bond acceptors (Lipinski definition) is 5. The molecular weight excluding hydrogens is 200 g/mol. The second kappa shape index (κ2) is 5.86. The predicted octanol–water partition coefficient (Wildman–Crippen LogP) is 0.670. The Hall–Kier alpha value is -1.77. The summed E-state index contributed by atoms with van der Waals surface area (Å²) in [6.45, 7) is 3.03. The van der Waals surface area contributed by atoms with Crippen LogP contribution in [0.1, 0.15) is 26.7 Å². The van der Waals surface area contributed by atoms with Crippen LogP contribution in [-0.2, 0) is 14.4 Å². The molecule has 1 N–H and O–H groups in total. The summed E-state index contributed by atoms with van der Waals surface area (Å²) in [5, 5.41) is 8.92. The fourth-order valence-corrected chi connectivity index (χ4v) is 1.17. The van der Waals surface area contributed by atoms with Crippen LogP contribution in [0.25, 0.3) is 0 Å². The lowest BCUT2D eigenvalue weighted by atomic mass is 9.90. The standard InChI is InChI=1S/C9H12N2O4/c1-3-4-7(10-5-12)9(2,8(14)15)11-6-13/h7H,3-4H2,1-2H3,(H,14,15). The minimum atomic E-state index is -1.74. The summed E-state index contributed by atoms with van der Waals surface area (Å²) in [4.78, 5) is 37.8. The summed E-state index contributed by atoms with van der Waals surface area (Å²) in [6, 6.07) is -0.890. The molecule has 0 aliphatic rings. The molecule has 0 amide bonds. The van der Waals surface area contributed by atoms with Gasteiger partial charge in [0.05, 0.1) is 6.04 Å². The third-order valence-corrected chi connectivity index (χ3v) is 2.13. The number of carboxylic acids is 1. The van der Waals surface area contributed by atoms with E-state index in [9.17, 15) is 14.4 Å². The number of carbonyl (C=O) groups is 1. The molecule has 0 saturated heterocycles. The van der Waals surface area contributed by atoms with Gasteiger partial charge in [0, 0.05) is 0 Å². The van der Waals surface area contributed by atoms with Crippen LogP contribution >= 0.6 is 0 Å². The Morgan fingerprint density at radius 2 is 2.07 bits per heavy atom. The van der Waals surface area contributed by atoms with Gasteiger partial charge in [-0.15, -0.1) is 0 Å². The molecule has 0 aliphatic heterocycles. The summed E-state index contributed by atoms with van der Waals surface area (Å²) < 4.78 is 0. The van der Waals surface area contributed by atoms with Gasteiger partial charge in [0.25, 0.3) is 0 Å². The normalized spacial score (nSPS) is 15.3. The van der Waals surface area contributed by atoms with Gasteiger partial charge >= 0.3 is 5.97 Å². The van der Waals surface area contributed by atoms with Crippen molar-refractivity contribution in [1.29, 1.82) is 0 Å². The first kappa shape index (κ1) is 13.2. The van der Waals surface area contributed by atoms with Crippen molar-refractivity contribution in [3.8, 4) is 0 Å². The molecule has 2 atom stereocenters. The van der Waals surface area contributed by atoms with Crippen molar-refractivity contribution >= 4 is 18.1 Å². The van der Waals surface area contributed by atoms with Gasteiger partial charge in [0.1, 0.15) is 0 Å². The molecule has 82 valence electrons. The average molecular weight is 212 g/mol. The second-order valence-electron chi connectivity index (χ2n) is 3.18. The number of carbonyl (C=O) groups excluding carboxylic acids is 2. The van der Waals surface area contributed by atoms with Gasteiger partial charge in [-0.2, -0.15) is 9.98 Å². The molecule has 0 radical (unpaired) electrons. The Labute approximate surface area is 86.7 Å². The van der Waals surface area contributed by atoms with Crippen LogP contribution in [0, 0.1) is 0 Å². The first-order chi connectivity index (χ1) is 7.02. The Bertz CT molecular complexity index is 325. The fourth-order valence-electron chi connectivity index (χ4n) is 1.17. The van der Waals surface area contributed by atoms with E-state index in [2.05, 4.69) is 9.98 Å². The summed E-state index contributed by atoms with van der Waals surface area (Å²) in [6.07, 6.45) is 3.44. The quantitative estimate of drug-likeness (QED) is 0.517. The van der Waals surface area contributed by atoms with Gasteiger partial charge in [-0.3, -0.25) is 0 Å². The molecule has 0 bridgehead atoms. The summed E-state index contributed by atoms with van der Waals surface area (Å²) >= 11 is 0. The molecule has 0 spiro atoms. The SMILES string of the molecule is CCCC(N=C=O)C(C)(N=C=O)C(=O)O. The minimum absolute atomic E-state index is 0.337. The molecule has 0 fully saturated rings. The van der Waals surface area contributed by atoms with E-state index >= 15 is 0 Å². The number of aliphatic imine (C=N–C) groups is 2. The summed E-state index contributed by atoms with van der Waals surface area (Å²) in [7, 11) is 0. The van der Waals surface area contributed by atoms with E-state index in [1.807, 2.05) is 0 Å². The number of nitrogens with zero attached hydrogens (tertiary/aromatic N) is 2. The summed E-state index contributed by atoms with van der Waals surface area (Å²) in [5.74, 6) is -1.32. The molecule has 6 nitrogen and oxygen atoms in total. The van der Waals surface area contributed by atoms with Crippen molar-refractivity contribution < 1.29 is 19.5 Å². The van der Waals surface area contributed by atoms with E-state index in [0.29, 0.717) is 12.8 Å². The number of hydrogen-bond donors (Lipinski definition) is 1. The zero-order valence-corrected chi connectivity index (χ0v) is 8.56. The second-order valence-corrected chi connectivity index (χ2v) is 3.18. The van der Waals surface area contributed by atoms with E-state index in [0.717, 1.165) is 0 Å². The smallest absolute Gasteiger partial charge is 0.334 e. The summed E-state index contributed by atoms with van der Waals surface area (Å²) in [5.41, 5.74) is -1.74. The van der Waals surface area contributed by atoms with Crippen molar-refractivity contribution in [3.05, 3.63) is 0 Å². The van der Waals surface area contributed by atoms with Crippen LogP contribution in [0.2, 0.25) is 0 Å². The lowest BCUT2D eigenvalue weighted by Gasteiger charge is -2.24. The van der Waals surface area contributed by atoms with Crippen LogP contribution in [0.5, 0.6) is 0 Å². The molecule has 0 rings (SSSR count). The van der Waals surface area contributed by atoms with E-state index in [1.165, 1.54) is 19.1 Å². The predicted molar refractivity (Wildman–Crippen MR) is 51.0 cm³/mol. The van der Waals surface area contributed by atoms with Crippen LogP contribution in [0.4, 0.5) is 0 Å². The highest BCUT2D eigenvalue weighted by Gasteiger charge is 2.41. The monoisotopic (exact) mass is 212 g/mol. The fraction of sp³-hybridized carbons (Fsp3) is 0.667. The Kier molecular flexibility index (Phi) is 5.16. The van der Waals surface area contributed by atoms with Crippen LogP contribution in [0.3, 0.4) is 0 Å². The molecule has 0 heterocycles. The van der Waals surface area contributed by atoms with Gasteiger partial charge < -0.3 is 5.11 Å². The van der Waals surface area contributed by atoms with Crippen molar-refractivity contribution in [3.63, 3.8) is 0 Å². The topological polar surface area (TPSA) is 96.2 Å². The van der Waals surface area contributed by atoms with Gasteiger partial charge in [-0.1, -0.05) is 13.3 Å². The first-order valence-electron chi connectivity index (χ1n) is 4.42. The number of aliphatic carboxylic acids is 1. The molecule has 0 aromatic heterocycles. The van der Waals surface area contributed by atoms with E-state index < -0.39 is 17.6 Å². The zero-order valence-electron chi connectivity index (χ0n) is 8.56. The third-order valence-electron chi connectivity index (χ3n) is 2.13. The van der Waals surface area contributed by atoms with E-state index in [4.69, 9.17) is 5.11 Å². The number of isocyanates is 2. The Morgan fingerprint density at radius 1 is 1.47 bits per heavy atom. The first-order valence-corrected chi connectivity index (χ1v) is 4.42. The molecular formula is C9H12N2O4. The maximum absolute atomic E-state index is 10.9. The Balaban J connectivity index is 5.25. The van der Waals surface area contributed by atoms with E-state index in [1.54, 1.807) is 6.92 Å². The average Bonchev–Trinajstić information content (AvgIpc) is 2.17. The molecule has 0 aromatic carbocycles. The highest BCUT2D eigenvalue weighted by Crippen LogP contribution is 2.22. The van der Waals surface area contributed by atoms with Gasteiger partial charge in [0.15, 0.2) is 5.54 Å². The number of rotatable bonds is 6. The molecule has 0 aliphatic carbocycles. The molecule has 15 heavy (non-hydrogen) atoms. The highest BCUT2D eigenvalue weighted by atomic mass is 16.4. The van der Waals surface area contributed by atoms with Gasteiger partial charge in [-0.05, 0) is 13.3 Å². The van der Waals surface area contributed by atoms with Gasteiger partial charge in [-0.25, -0.2) is 14.4 Å². The molecule has 0 aromatic rings. The van der Waals surface area contributed by atoms with Crippen molar-refractivity contribution in [2.45, 2.75) is 38.3 Å². The largest absolute Gasteiger partial charge is 0.479 e. The molecule has 6 heteroatoms. The van der Waals surface area contributed by atoms with Crippen LogP contribution < -0.4 is 0 Å². The van der Waals surface area contributed by atoms with Crippen LogP contribution in [-0.4, -0.2) is 34.8 Å². The lowest BCUT2D eigenvalue weighted by molar-refractivity contribution is -0.143. The maximum atomic E-state index is 10.9. The molecule has 2 unspecified atom stereocenters. The minimum Gasteiger partial charge on any atom is -0.479 e. The zero-order chi connectivity index (χ0) is 11.9. The van der Waals surface area contributed by atoms with Crippen molar-refractivity contribution in [1.82, 2.24) is 0 Å². The maximum Gasteiger partial charge on any atom is 0.334 e. The lowest BCUT2D eigenvalue weighted by Crippen LogP contribution is -2.44. The third kappa shape index (κ3) is 3.13. The van der Waals surface area contributed by atoms with Crippen molar-refractivity contribution in [2.24, 2.45) is 9.98 Å². The highest BCUT2D eigenvalue weighted by molar-refractivity contribution is 5.81. The number of carboxylic acid groups (broad SMARTS) is 1. The molecule has 0 saturated carbocycles. The van der Waals surface area contributed by atoms with Crippen molar-refractivity contribution in [2.75, 3.05) is 0 Å². The van der Waals surface area contributed by atoms with E-state index in [-0.39, 0.29) is 0 Å². The Morgan fingerprint density at radius 3 is 2.40 bits per heavy atom. The van der Waals surface area contributed by atoms with Crippen LogP contribution in [0.15, 0.2) is 9.98 Å². The van der Waals surface area contributed by atoms with Gasteiger partial charge in [0.2, 0.25) is 12.2 Å².